The van der Waals surface area contributed by atoms with E-state index in [1.165, 1.54) is 21.0 Å². The third-order valence-electron chi connectivity index (χ3n) is 11.6. The number of ketones is 1. The van der Waals surface area contributed by atoms with Gasteiger partial charge in [-0.25, -0.2) is 4.79 Å². The number of aliphatic hydroxyl groups is 1. The molecule has 16 nitrogen and oxygen atoms in total. The van der Waals surface area contributed by atoms with E-state index in [2.05, 4.69) is 10.0 Å². The number of cyclic esters (lactones) is 1. The summed E-state index contributed by atoms with van der Waals surface area (Å²) < 4.78 is 31.2. The molecule has 3 unspecified atom stereocenters. The highest BCUT2D eigenvalue weighted by atomic mass is 16.7. The Labute approximate surface area is 314 Å². The lowest BCUT2D eigenvalue weighted by atomic mass is 9.78. The first-order valence-electron chi connectivity index (χ1n) is 19.0. The summed E-state index contributed by atoms with van der Waals surface area (Å²) in [7, 11) is 5.28. The van der Waals surface area contributed by atoms with Crippen LogP contribution in [0.3, 0.4) is 0 Å². The number of aliphatic hydroxyl groups excluding tert-OH is 1. The zero-order valence-corrected chi connectivity index (χ0v) is 33.8. The molecule has 0 radical (unpaired) electrons. The van der Waals surface area contributed by atoms with E-state index in [0.717, 1.165) is 0 Å². The fourth-order valence-corrected chi connectivity index (χ4v) is 8.72. The number of unbranched alkanes of at least 4 members (excludes halogenated alkanes) is 1. The lowest BCUT2D eigenvalue weighted by Gasteiger charge is -2.47. The largest absolute Gasteiger partial charge is 0.458 e. The number of fused-ring (bicyclic) bond motifs is 1. The molecule has 3 saturated heterocycles. The quantitative estimate of drug-likeness (QED) is 0.0835. The van der Waals surface area contributed by atoms with E-state index in [9.17, 15) is 24.3 Å². The topological polar surface area (TPSA) is 193 Å². The van der Waals surface area contributed by atoms with Crippen molar-refractivity contribution in [1.29, 1.82) is 0 Å². The summed E-state index contributed by atoms with van der Waals surface area (Å²) in [6.07, 6.45) is -2.76. The van der Waals surface area contributed by atoms with Crippen molar-refractivity contribution in [2.24, 2.45) is 22.9 Å². The molecule has 0 saturated carbocycles. The van der Waals surface area contributed by atoms with Crippen LogP contribution in [0.4, 0.5) is 4.79 Å². The van der Waals surface area contributed by atoms with E-state index < -0.39 is 77.6 Å². The van der Waals surface area contributed by atoms with Gasteiger partial charge in [0.15, 0.2) is 17.7 Å². The van der Waals surface area contributed by atoms with Crippen molar-refractivity contribution in [1.82, 2.24) is 14.7 Å². The molecule has 302 valence electrons. The monoisotopic (exact) mass is 752 g/mol. The first-order valence-corrected chi connectivity index (χ1v) is 19.0. The number of hydrogen-bond donors (Lipinski definition) is 1. The number of carbonyl (C=O) groups excluding carboxylic acids is 4. The van der Waals surface area contributed by atoms with Crippen molar-refractivity contribution in [3.8, 4) is 0 Å². The van der Waals surface area contributed by atoms with E-state index in [0.29, 0.717) is 25.7 Å². The Morgan fingerprint density at radius 3 is 2.36 bits per heavy atom. The molecule has 16 heteroatoms. The van der Waals surface area contributed by atoms with Crippen LogP contribution in [0.5, 0.6) is 0 Å². The molecule has 0 bridgehead atoms. The van der Waals surface area contributed by atoms with E-state index in [1.807, 2.05) is 46.7 Å². The van der Waals surface area contributed by atoms with Crippen LogP contribution in [-0.4, -0.2) is 144 Å². The van der Waals surface area contributed by atoms with Gasteiger partial charge >= 0.3 is 12.1 Å². The number of methoxy groups -OCH3 is 1. The van der Waals surface area contributed by atoms with Gasteiger partial charge < -0.3 is 38.6 Å². The highest BCUT2D eigenvalue weighted by Gasteiger charge is 2.60. The molecule has 0 aromatic carbocycles. The molecule has 0 aromatic heterocycles. The maximum atomic E-state index is 14.3. The van der Waals surface area contributed by atoms with E-state index in [4.69, 9.17) is 29.2 Å². The summed E-state index contributed by atoms with van der Waals surface area (Å²) in [6, 6.07) is -1.61. The van der Waals surface area contributed by atoms with Crippen LogP contribution in [0, 0.1) is 17.8 Å². The fourth-order valence-electron chi connectivity index (χ4n) is 8.72. The molecule has 2 amide bonds. The van der Waals surface area contributed by atoms with Gasteiger partial charge in [-0.3, -0.25) is 19.3 Å². The minimum atomic E-state index is -1.39. The van der Waals surface area contributed by atoms with Gasteiger partial charge in [0.25, 0.3) is 0 Å². The van der Waals surface area contributed by atoms with Gasteiger partial charge in [0.1, 0.15) is 18.1 Å². The normalized spacial score (nSPS) is 39.1. The summed E-state index contributed by atoms with van der Waals surface area (Å²) in [4.78, 5) is 63.4. The SMILES string of the molecule is CC[C@H]1OC(=O)[C@H](C)C(=O)[C@H](C)[C@@H](O[C@@H]2OC(C)CC(N(C)C)C2O)[C@](C)(OC)C[C@@H](C)CN(C(C)=O)[C@H](C)[C@H]2N(CCCCN=[N+]=[N-])C(=O)O[C@]12C. The van der Waals surface area contributed by atoms with Gasteiger partial charge in [0.2, 0.25) is 5.91 Å². The van der Waals surface area contributed by atoms with Gasteiger partial charge in [-0.05, 0) is 92.3 Å². The standard InChI is InChI=1S/C37H64N6O10/c1-13-28-37(9)31(42(35(48)53-37)17-15-14-16-39-40-38)25(6)43(26(7)44)20-21(2)19-36(8,49-12)32(23(4)29(45)24(5)33(47)51-28)52-34-30(46)27(41(10)11)18-22(3)50-34/h21-25,27-28,30-32,34,46H,13-20H2,1-12H3/t21-,22?,23+,24-,25-,27?,28-,30?,31-,32-,34+,36-,37-/m1/s1. The number of nitrogens with zero attached hydrogens (tertiary/aromatic N) is 6. The maximum absolute atomic E-state index is 14.3. The molecule has 1 N–H and O–H groups in total. The first kappa shape index (κ1) is 44.4. The molecule has 3 heterocycles. The Balaban J connectivity index is 2.14. The van der Waals surface area contributed by atoms with Gasteiger partial charge in [-0.2, -0.15) is 0 Å². The zero-order chi connectivity index (χ0) is 40.0. The summed E-state index contributed by atoms with van der Waals surface area (Å²) in [5.74, 6) is -3.85. The van der Waals surface area contributed by atoms with Crippen LogP contribution in [0.2, 0.25) is 0 Å². The molecule has 3 aliphatic rings. The molecule has 3 fully saturated rings. The summed E-state index contributed by atoms with van der Waals surface area (Å²) in [6.45, 7) is 16.5. The van der Waals surface area contributed by atoms with Crippen LogP contribution in [-0.2, 0) is 38.1 Å². The number of amides is 2. The summed E-state index contributed by atoms with van der Waals surface area (Å²) in [5.41, 5.74) is 6.15. The highest BCUT2D eigenvalue weighted by molar-refractivity contribution is 6.00. The number of hydrogen-bond acceptors (Lipinski definition) is 12. The Bertz CT molecular complexity index is 1350. The van der Waals surface area contributed by atoms with Crippen molar-refractivity contribution in [3.63, 3.8) is 0 Å². The molecule has 53 heavy (non-hydrogen) atoms. The Morgan fingerprint density at radius 2 is 1.79 bits per heavy atom. The number of ether oxygens (including phenoxy) is 5. The Hall–Kier alpha value is -3.01. The predicted octanol–water partition coefficient (Wildman–Crippen LogP) is 4.31. The van der Waals surface area contributed by atoms with E-state index >= 15 is 0 Å². The zero-order valence-electron chi connectivity index (χ0n) is 33.8. The second-order valence-corrected chi connectivity index (χ2v) is 16.0. The van der Waals surface area contributed by atoms with Crippen molar-refractivity contribution >= 4 is 23.8 Å². The molecular weight excluding hydrogens is 688 g/mol. The fraction of sp³-hybridized carbons (Fsp3) is 0.892. The Morgan fingerprint density at radius 1 is 1.13 bits per heavy atom. The second kappa shape index (κ2) is 18.5. The van der Waals surface area contributed by atoms with E-state index in [-0.39, 0.29) is 50.0 Å². The number of azide groups is 1. The maximum Gasteiger partial charge on any atom is 0.410 e. The smallest absolute Gasteiger partial charge is 0.410 e. The average molecular weight is 753 g/mol. The summed E-state index contributed by atoms with van der Waals surface area (Å²) in [5, 5.41) is 15.0. The molecule has 0 aliphatic carbocycles. The molecule has 13 atom stereocenters. The molecule has 0 aromatic rings. The molecule has 0 spiro atoms. The van der Waals surface area contributed by atoms with E-state index in [1.54, 1.807) is 30.6 Å². The highest BCUT2D eigenvalue weighted by Crippen LogP contribution is 2.41. The van der Waals surface area contributed by atoms with Crippen LogP contribution >= 0.6 is 0 Å². The summed E-state index contributed by atoms with van der Waals surface area (Å²) >= 11 is 0. The number of Topliss-reactive ketones (excluding diaryl/α,β-unsaturated/α-hetero) is 1. The number of rotatable bonds is 10. The average Bonchev–Trinajstić information content (AvgIpc) is 3.36. The molecule has 3 aliphatic heterocycles. The number of esters is 1. The van der Waals surface area contributed by atoms with Crippen molar-refractivity contribution in [2.45, 2.75) is 154 Å². The van der Waals surface area contributed by atoms with Crippen LogP contribution in [0.15, 0.2) is 5.11 Å². The van der Waals surface area contributed by atoms with Gasteiger partial charge in [0.05, 0.1) is 29.9 Å². The van der Waals surface area contributed by atoms with Gasteiger partial charge in [-0.15, -0.1) is 0 Å². The molecular formula is C37H64N6O10. The Kier molecular flexibility index (Phi) is 15.5. The molecule has 3 rings (SSSR count). The third-order valence-corrected chi connectivity index (χ3v) is 11.6. The second-order valence-electron chi connectivity index (χ2n) is 16.0. The predicted molar refractivity (Wildman–Crippen MR) is 195 cm³/mol. The minimum Gasteiger partial charge on any atom is -0.458 e. The lowest BCUT2D eigenvalue weighted by Crippen LogP contribution is -2.62. The first-order chi connectivity index (χ1) is 24.8. The van der Waals surface area contributed by atoms with Crippen LogP contribution in [0.1, 0.15) is 94.4 Å². The van der Waals surface area contributed by atoms with Crippen molar-refractivity contribution in [3.05, 3.63) is 10.4 Å². The van der Waals surface area contributed by atoms with Crippen LogP contribution in [0.25, 0.3) is 10.4 Å². The third kappa shape index (κ3) is 9.81. The van der Waals surface area contributed by atoms with Crippen molar-refractivity contribution < 1.29 is 48.0 Å². The number of likely N-dealkylation sites (N-methyl/N-ethyl adjacent to an activating group) is 1. The van der Waals surface area contributed by atoms with Crippen LogP contribution < -0.4 is 0 Å². The number of carbonyl (C=O) groups is 4. The van der Waals surface area contributed by atoms with Gasteiger partial charge in [-0.1, -0.05) is 25.9 Å². The van der Waals surface area contributed by atoms with Gasteiger partial charge in [0, 0.05) is 50.5 Å². The van der Waals surface area contributed by atoms with Crippen molar-refractivity contribution in [2.75, 3.05) is 40.8 Å². The minimum absolute atomic E-state index is 0.227. The lowest BCUT2D eigenvalue weighted by molar-refractivity contribution is -0.295.